The molecule has 3 aromatic carbocycles. The molecule has 0 radical (unpaired) electrons. The monoisotopic (exact) mass is 387 g/mol. The van der Waals surface area contributed by atoms with Gasteiger partial charge in [0.2, 0.25) is 5.95 Å². The van der Waals surface area contributed by atoms with E-state index in [-0.39, 0.29) is 0 Å². The highest BCUT2D eigenvalue weighted by atomic mass is 16.5. The Labute approximate surface area is 170 Å². The Bertz CT molecular complexity index is 1110. The summed E-state index contributed by atoms with van der Waals surface area (Å²) in [6, 6.07) is 23.5. The van der Waals surface area contributed by atoms with Gasteiger partial charge in [-0.15, -0.1) is 0 Å². The fraction of sp³-hybridized carbons (Fsp3) is 0.292. The van der Waals surface area contributed by atoms with Crippen LogP contribution in [0.15, 0.2) is 66.7 Å². The Morgan fingerprint density at radius 2 is 1.72 bits per heavy atom. The fourth-order valence-electron chi connectivity index (χ4n) is 4.24. The van der Waals surface area contributed by atoms with E-state index in [1.165, 1.54) is 21.9 Å². The number of imidazole rings is 1. The van der Waals surface area contributed by atoms with Crippen molar-refractivity contribution in [2.45, 2.75) is 13.1 Å². The van der Waals surface area contributed by atoms with E-state index in [1.807, 2.05) is 0 Å². The Hall–Kier alpha value is -2.89. The molecule has 1 fully saturated rings. The highest BCUT2D eigenvalue weighted by Crippen LogP contribution is 2.22. The van der Waals surface area contributed by atoms with Gasteiger partial charge in [-0.1, -0.05) is 54.6 Å². The molecule has 4 aromatic rings. The van der Waals surface area contributed by atoms with Crippen molar-refractivity contribution in [2.24, 2.45) is 0 Å². The second kappa shape index (κ2) is 8.23. The van der Waals surface area contributed by atoms with E-state index in [1.54, 1.807) is 4.90 Å². The first-order valence-electron chi connectivity index (χ1n) is 10.5. The van der Waals surface area contributed by atoms with Crippen LogP contribution >= 0.6 is 0 Å². The lowest BCUT2D eigenvalue weighted by Gasteiger charge is -2.24. The molecule has 0 atom stereocenters. The van der Waals surface area contributed by atoms with Gasteiger partial charge in [-0.05, 0) is 28.5 Å². The molecule has 1 aliphatic heterocycles. The predicted molar refractivity (Wildman–Crippen MR) is 117 cm³/mol. The molecule has 148 valence electrons. The minimum Gasteiger partial charge on any atom is -0.370 e. The largest absolute Gasteiger partial charge is 0.370 e. The first-order valence-corrected chi connectivity index (χ1v) is 10.5. The van der Waals surface area contributed by atoms with Gasteiger partial charge in [-0.2, -0.15) is 0 Å². The van der Waals surface area contributed by atoms with E-state index in [0.29, 0.717) is 0 Å². The van der Waals surface area contributed by atoms with Crippen LogP contribution in [-0.2, 0) is 17.8 Å². The number of aromatic nitrogens is 2. The van der Waals surface area contributed by atoms with Crippen LogP contribution in [0.4, 0.5) is 5.95 Å². The summed E-state index contributed by atoms with van der Waals surface area (Å²) in [6.45, 7) is 6.71. The van der Waals surface area contributed by atoms with Crippen molar-refractivity contribution in [3.8, 4) is 0 Å². The zero-order chi connectivity index (χ0) is 19.5. The van der Waals surface area contributed by atoms with Crippen molar-refractivity contribution < 1.29 is 9.64 Å². The number of morpholine rings is 1. The Kier molecular flexibility index (Phi) is 5.15. The highest BCUT2D eigenvalue weighted by Gasteiger charge is 2.16. The maximum Gasteiger partial charge on any atom is 0.204 e. The number of nitrogens with zero attached hydrogens (tertiary/aromatic N) is 2. The lowest BCUT2D eigenvalue weighted by atomic mass is 10.0. The highest BCUT2D eigenvalue weighted by molar-refractivity contribution is 5.86. The van der Waals surface area contributed by atoms with Crippen molar-refractivity contribution in [3.63, 3.8) is 0 Å². The maximum absolute atomic E-state index is 5.50. The van der Waals surface area contributed by atoms with Crippen LogP contribution in [0.3, 0.4) is 0 Å². The summed E-state index contributed by atoms with van der Waals surface area (Å²) < 4.78 is 7.84. The van der Waals surface area contributed by atoms with Gasteiger partial charge < -0.3 is 19.5 Å². The van der Waals surface area contributed by atoms with Crippen molar-refractivity contribution in [1.82, 2.24) is 9.55 Å². The van der Waals surface area contributed by atoms with E-state index in [9.17, 15) is 0 Å². The van der Waals surface area contributed by atoms with Crippen LogP contribution in [0.2, 0.25) is 0 Å². The number of hydrogen-bond donors (Lipinski definition) is 2. The molecule has 0 spiro atoms. The van der Waals surface area contributed by atoms with E-state index < -0.39 is 0 Å². The maximum atomic E-state index is 5.50. The van der Waals surface area contributed by atoms with Gasteiger partial charge in [0.1, 0.15) is 13.1 Å². The predicted octanol–water partition coefficient (Wildman–Crippen LogP) is 2.72. The van der Waals surface area contributed by atoms with Crippen molar-refractivity contribution in [2.75, 3.05) is 38.2 Å². The number of ether oxygens (including phenoxy) is 1. The van der Waals surface area contributed by atoms with Gasteiger partial charge in [0.25, 0.3) is 0 Å². The zero-order valence-electron chi connectivity index (χ0n) is 16.6. The van der Waals surface area contributed by atoms with Gasteiger partial charge in [0, 0.05) is 6.54 Å². The van der Waals surface area contributed by atoms with Crippen LogP contribution in [0.25, 0.3) is 21.8 Å². The van der Waals surface area contributed by atoms with Crippen LogP contribution in [0, 0.1) is 0 Å². The molecular weight excluding hydrogens is 360 g/mol. The van der Waals surface area contributed by atoms with Crippen LogP contribution in [0.1, 0.15) is 5.56 Å². The van der Waals surface area contributed by atoms with Crippen molar-refractivity contribution >= 4 is 27.8 Å². The van der Waals surface area contributed by atoms with Crippen LogP contribution in [0.5, 0.6) is 0 Å². The first kappa shape index (κ1) is 18.2. The van der Waals surface area contributed by atoms with E-state index >= 15 is 0 Å². The number of rotatable bonds is 6. The van der Waals surface area contributed by atoms with E-state index in [0.717, 1.165) is 57.4 Å². The van der Waals surface area contributed by atoms with Crippen molar-refractivity contribution in [1.29, 1.82) is 0 Å². The Balaban J connectivity index is 1.40. The van der Waals surface area contributed by atoms with Crippen molar-refractivity contribution in [3.05, 3.63) is 72.3 Å². The van der Waals surface area contributed by atoms with E-state index in [4.69, 9.17) is 9.72 Å². The molecule has 5 heteroatoms. The molecule has 2 N–H and O–H groups in total. The minimum atomic E-state index is 0.759. The van der Waals surface area contributed by atoms with Crippen LogP contribution in [-0.4, -0.2) is 42.4 Å². The molecule has 0 bridgehead atoms. The van der Waals surface area contributed by atoms with Crippen LogP contribution < -0.4 is 10.2 Å². The zero-order valence-corrected chi connectivity index (χ0v) is 16.6. The van der Waals surface area contributed by atoms with Gasteiger partial charge in [0.05, 0.1) is 37.3 Å². The molecular formula is C24H27N4O+. The standard InChI is InChI=1S/C24H26N4O/c1-2-9-21-19(6-1)7-5-8-20(21)18-25-24-26-22-10-3-4-11-23(22)28(24)13-12-27-14-16-29-17-15-27/h1-11H,12-18H2,(H,25,26)/p+1. The molecule has 1 aliphatic rings. The average molecular weight is 388 g/mol. The second-order valence-electron chi connectivity index (χ2n) is 7.68. The molecule has 2 heterocycles. The number of anilines is 1. The van der Waals surface area contributed by atoms with Gasteiger partial charge in [-0.25, -0.2) is 4.98 Å². The molecule has 1 saturated heterocycles. The third-order valence-electron chi connectivity index (χ3n) is 5.86. The summed E-state index contributed by atoms with van der Waals surface area (Å²) in [4.78, 5) is 6.50. The summed E-state index contributed by atoms with van der Waals surface area (Å²) in [5.41, 5.74) is 3.53. The SMILES string of the molecule is c1ccc2c(CNc3nc4ccccc4n3CC[NH+]3CCOCC3)cccc2c1. The topological polar surface area (TPSA) is 43.5 Å². The normalized spacial score (nSPS) is 15.2. The van der Waals surface area contributed by atoms with Gasteiger partial charge in [-0.3, -0.25) is 0 Å². The summed E-state index contributed by atoms with van der Waals surface area (Å²) in [5.74, 6) is 0.951. The number of para-hydroxylation sites is 2. The molecule has 5 rings (SSSR count). The third-order valence-corrected chi connectivity index (χ3v) is 5.86. The molecule has 29 heavy (non-hydrogen) atoms. The first-order chi connectivity index (χ1) is 14.4. The number of hydrogen-bond acceptors (Lipinski definition) is 3. The second-order valence-corrected chi connectivity index (χ2v) is 7.68. The molecule has 0 aliphatic carbocycles. The smallest absolute Gasteiger partial charge is 0.204 e. The number of benzene rings is 3. The summed E-state index contributed by atoms with van der Waals surface area (Å²) in [6.07, 6.45) is 0. The summed E-state index contributed by atoms with van der Waals surface area (Å²) in [5, 5.41) is 6.19. The molecule has 0 amide bonds. The number of quaternary nitrogens is 1. The lowest BCUT2D eigenvalue weighted by Crippen LogP contribution is -3.14. The molecule has 0 saturated carbocycles. The molecule has 0 unspecified atom stereocenters. The summed E-state index contributed by atoms with van der Waals surface area (Å²) in [7, 11) is 0. The quantitative estimate of drug-likeness (QED) is 0.535. The Morgan fingerprint density at radius 1 is 0.931 bits per heavy atom. The lowest BCUT2D eigenvalue weighted by molar-refractivity contribution is -0.908. The molecule has 1 aromatic heterocycles. The molecule has 5 nitrogen and oxygen atoms in total. The fourth-order valence-corrected chi connectivity index (χ4v) is 4.24. The Morgan fingerprint density at radius 3 is 2.66 bits per heavy atom. The summed E-state index contributed by atoms with van der Waals surface area (Å²) >= 11 is 0. The van der Waals surface area contributed by atoms with E-state index in [2.05, 4.69) is 76.6 Å². The number of nitrogens with one attached hydrogen (secondary N) is 2. The van der Waals surface area contributed by atoms with Gasteiger partial charge in [0.15, 0.2) is 0 Å². The minimum absolute atomic E-state index is 0.759. The van der Waals surface area contributed by atoms with Gasteiger partial charge >= 0.3 is 0 Å². The average Bonchev–Trinajstić information content (AvgIpc) is 3.14. The third kappa shape index (κ3) is 3.84. The number of fused-ring (bicyclic) bond motifs is 2.